The second-order valence-electron chi connectivity index (χ2n) is 24.3. The number of aromatic nitrogens is 3. The van der Waals surface area contributed by atoms with Crippen LogP contribution in [0.3, 0.4) is 0 Å². The van der Waals surface area contributed by atoms with Crippen molar-refractivity contribution < 1.29 is 53.3 Å². The second-order valence-corrected chi connectivity index (χ2v) is 33.4. The van der Waals surface area contributed by atoms with Gasteiger partial charge in [0.05, 0.1) is 53.1 Å². The van der Waals surface area contributed by atoms with Crippen molar-refractivity contribution in [3.05, 3.63) is 100.0 Å². The Morgan fingerprint density at radius 1 is 0.488 bits per heavy atom. The number of aliphatic carboxylic acids is 2. The third-order valence-corrected chi connectivity index (χ3v) is 23.7. The Balaban J connectivity index is 0.000000144. The van der Waals surface area contributed by atoms with E-state index in [1.54, 1.807) is 41.3 Å². The number of benzene rings is 4. The maximum absolute atomic E-state index is 13.1. The van der Waals surface area contributed by atoms with Crippen LogP contribution in [0.4, 0.5) is 0 Å². The Bertz CT molecular complexity index is 3810. The number of carbonyl (C=O) groups is 3. The van der Waals surface area contributed by atoms with Crippen LogP contribution in [0.25, 0.3) is 30.6 Å². The van der Waals surface area contributed by atoms with E-state index >= 15 is 0 Å². The van der Waals surface area contributed by atoms with Gasteiger partial charge < -0.3 is 38.9 Å². The van der Waals surface area contributed by atoms with Crippen molar-refractivity contribution in [3.63, 3.8) is 0 Å². The summed E-state index contributed by atoms with van der Waals surface area (Å²) < 4.78 is 26.2. The van der Waals surface area contributed by atoms with Gasteiger partial charge in [-0.2, -0.15) is 0 Å². The first-order valence-corrected chi connectivity index (χ1v) is 32.7. The van der Waals surface area contributed by atoms with Gasteiger partial charge in [0, 0.05) is 19.1 Å². The second kappa shape index (κ2) is 22.9. The molecule has 84 heavy (non-hydrogen) atoms. The largest absolute Gasteiger partial charge is 0.494 e. The molecule has 2 fully saturated rings. The van der Waals surface area contributed by atoms with Crippen molar-refractivity contribution in [3.8, 4) is 0 Å². The van der Waals surface area contributed by atoms with Crippen LogP contribution < -0.4 is 16.4 Å². The van der Waals surface area contributed by atoms with Crippen molar-refractivity contribution in [1.82, 2.24) is 15.0 Å². The first-order valence-electron chi connectivity index (χ1n) is 27.0. The van der Waals surface area contributed by atoms with Crippen LogP contribution in [0.1, 0.15) is 112 Å². The van der Waals surface area contributed by atoms with Crippen LogP contribution in [-0.4, -0.2) is 144 Å². The molecular weight excluding hydrogens is 1200 g/mol. The number of hydrogen-bond acceptors (Lipinski definition) is 22. The lowest BCUT2D eigenvalue weighted by Crippen LogP contribution is -2.41. The highest BCUT2D eigenvalue weighted by Gasteiger charge is 2.53. The average Bonchev–Trinajstić information content (AvgIpc) is 2.36. The average molecular weight is 1270 g/mol. The number of rotatable bonds is 10. The van der Waals surface area contributed by atoms with E-state index in [0.717, 1.165) is 61.5 Å². The molecular formula is C57H63B3N6O11S7. The van der Waals surface area contributed by atoms with Crippen LogP contribution in [0.2, 0.25) is 0 Å². The Labute approximate surface area is 517 Å². The maximum atomic E-state index is 13.1. The molecule has 0 bridgehead atoms. The predicted molar refractivity (Wildman–Crippen MR) is 349 cm³/mol. The fourth-order valence-corrected chi connectivity index (χ4v) is 17.0. The minimum atomic E-state index is -1.52. The summed E-state index contributed by atoms with van der Waals surface area (Å²) >= 11 is 10.2. The Kier molecular flexibility index (Phi) is 17.1. The van der Waals surface area contributed by atoms with E-state index in [4.69, 9.17) is 28.6 Å². The first-order chi connectivity index (χ1) is 39.1. The fraction of sp³-hybridized carbons (Fsp3) is 0.421. The highest BCUT2D eigenvalue weighted by molar-refractivity contribution is 8.17. The van der Waals surface area contributed by atoms with Gasteiger partial charge in [-0.1, -0.05) is 71.7 Å². The molecule has 0 aliphatic carbocycles. The van der Waals surface area contributed by atoms with Crippen molar-refractivity contribution in [2.24, 2.45) is 15.0 Å². The molecule has 12 rings (SSSR count). The van der Waals surface area contributed by atoms with Crippen LogP contribution in [0, 0.1) is 0 Å². The molecule has 0 amide bonds. The van der Waals surface area contributed by atoms with Crippen molar-refractivity contribution in [2.45, 2.75) is 157 Å². The Morgan fingerprint density at radius 3 is 1.19 bits per heavy atom. The van der Waals surface area contributed by atoms with Gasteiger partial charge >= 0.3 is 33.3 Å². The number of thiazole rings is 3. The SMILES string of the molecule is CC1(C)SC(c2nc3ccc(B(O)O)cc3s2)=NC1C(=O)O.CC1(C)SC(c2nc3ccc(B4OC(C)(C)C(C)(C)O4)cc3s2)=NC1C(=O)O.CC1(C)SC(c2nc3ccc(B4OC(C)(C)C(C)(C)O4)cc3s2)=NC1C(=O)Sc1ccccc1. The Morgan fingerprint density at radius 2 is 0.833 bits per heavy atom. The minimum Gasteiger partial charge on any atom is -0.480 e. The van der Waals surface area contributed by atoms with Crippen LogP contribution >= 0.6 is 81.1 Å². The Hall–Kier alpha value is -4.48. The normalized spacial score (nSPS) is 23.0. The van der Waals surface area contributed by atoms with Gasteiger partial charge in [-0.05, 0) is 174 Å². The molecule has 4 aromatic carbocycles. The van der Waals surface area contributed by atoms with Gasteiger partial charge in [0.2, 0.25) is 5.12 Å². The van der Waals surface area contributed by atoms with E-state index in [1.807, 2.05) is 116 Å². The fourth-order valence-electron chi connectivity index (χ4n) is 9.32. The zero-order valence-corrected chi connectivity index (χ0v) is 54.5. The summed E-state index contributed by atoms with van der Waals surface area (Å²) in [4.78, 5) is 64.3. The molecule has 4 N–H and O–H groups in total. The lowest BCUT2D eigenvalue weighted by Gasteiger charge is -2.32. The molecule has 0 saturated carbocycles. The monoisotopic (exact) mass is 1260 g/mol. The summed E-state index contributed by atoms with van der Waals surface area (Å²) in [7, 11) is -2.36. The molecule has 5 aliphatic heterocycles. The summed E-state index contributed by atoms with van der Waals surface area (Å²) in [5.41, 5.74) is 3.28. The van der Waals surface area contributed by atoms with Gasteiger partial charge in [-0.15, -0.1) is 34.0 Å². The van der Waals surface area contributed by atoms with Gasteiger partial charge in [0.25, 0.3) is 0 Å². The standard InChI is InChI=1S/C25H27BN2O3S3.C19H23BN2O4S2.C13H13BN2O4S2/c1-23(2)19(22(29)32-16-10-8-7-9-11-16)28-21(34-23)20-27-17-13-12-15(14-18(17)33-20)26-30-24(3,4)25(5,6)31-26;1-17(2)13(16(23)24)22-15(28-17)14-21-11-8-7-10(9-12(11)27-14)20-25-18(3,4)19(5,6)26-20;1-13(2)9(12(17)18)16-11(22-13)10-15-7-4-3-6(14(19)20)5-8(7)21-10/h7-14,19H,1-6H3;7-9,13H,1-6H3,(H,23,24);3-5,9,19-20H,1-2H3,(H,17,18). The molecule has 0 radical (unpaired) electrons. The van der Waals surface area contributed by atoms with Gasteiger partial charge in [0.15, 0.2) is 12.1 Å². The van der Waals surface area contributed by atoms with Crippen LogP contribution in [0.5, 0.6) is 0 Å². The summed E-state index contributed by atoms with van der Waals surface area (Å²) in [6.45, 7) is 28.0. The zero-order valence-electron chi connectivity index (χ0n) is 48.7. The summed E-state index contributed by atoms with van der Waals surface area (Å²) in [6.07, 6.45) is 0. The van der Waals surface area contributed by atoms with E-state index in [0.29, 0.717) is 20.6 Å². The van der Waals surface area contributed by atoms with Gasteiger partial charge in [-0.3, -0.25) is 19.8 Å². The van der Waals surface area contributed by atoms with E-state index in [2.05, 4.69) is 67.6 Å². The topological polar surface area (TPSA) is 245 Å². The molecule has 438 valence electrons. The molecule has 3 atom stereocenters. The van der Waals surface area contributed by atoms with E-state index in [-0.39, 0.29) is 21.1 Å². The van der Waals surface area contributed by atoms with Crippen molar-refractivity contribution in [2.75, 3.05) is 0 Å². The lowest BCUT2D eigenvalue weighted by molar-refractivity contribution is -0.139. The van der Waals surface area contributed by atoms with E-state index in [1.165, 1.54) is 58.0 Å². The number of nitrogens with zero attached hydrogens (tertiary/aromatic N) is 6. The van der Waals surface area contributed by atoms with Gasteiger partial charge in [0.1, 0.15) is 36.2 Å². The summed E-state index contributed by atoms with van der Waals surface area (Å²) in [5, 5.41) is 41.6. The smallest absolute Gasteiger partial charge is 0.480 e. The predicted octanol–water partition coefficient (Wildman–Crippen LogP) is 9.58. The molecule has 7 aromatic rings. The molecule has 27 heteroatoms. The quantitative estimate of drug-likeness (QED) is 0.0735. The zero-order chi connectivity index (χ0) is 60.9. The highest BCUT2D eigenvalue weighted by Crippen LogP contribution is 2.46. The maximum Gasteiger partial charge on any atom is 0.494 e. The lowest BCUT2D eigenvalue weighted by atomic mass is 9.79. The molecule has 0 spiro atoms. The summed E-state index contributed by atoms with van der Waals surface area (Å²) in [5.74, 6) is -1.85. The van der Waals surface area contributed by atoms with Crippen molar-refractivity contribution in [1.29, 1.82) is 0 Å². The van der Waals surface area contributed by atoms with Gasteiger partial charge in [-0.25, -0.2) is 24.5 Å². The number of fused-ring (bicyclic) bond motifs is 3. The van der Waals surface area contributed by atoms with E-state index < -0.39 is 72.1 Å². The molecule has 8 heterocycles. The molecule has 2 saturated heterocycles. The first kappa shape index (κ1) is 62.6. The number of carbonyl (C=O) groups excluding carboxylic acids is 1. The number of carboxylic acids is 2. The van der Waals surface area contributed by atoms with E-state index in [9.17, 15) is 34.6 Å². The van der Waals surface area contributed by atoms with Crippen molar-refractivity contribution >= 4 is 182 Å². The molecule has 17 nitrogen and oxygen atoms in total. The number of aliphatic imine (C=N–C) groups is 3. The molecule has 3 aromatic heterocycles. The molecule has 3 unspecified atom stereocenters. The number of carboxylic acid groups (broad SMARTS) is 2. The number of thioether (sulfide) groups is 4. The highest BCUT2D eigenvalue weighted by atomic mass is 32.2. The third-order valence-electron chi connectivity index (χ3n) is 15.6. The summed E-state index contributed by atoms with van der Waals surface area (Å²) in [6, 6.07) is 24.8. The van der Waals surface area contributed by atoms with Crippen LogP contribution in [-0.2, 0) is 33.0 Å². The minimum absolute atomic E-state index is 0.0582. The number of hydrogen-bond donors (Lipinski definition) is 4. The third kappa shape index (κ3) is 12.6. The van der Waals surface area contributed by atoms with Crippen LogP contribution in [0.15, 0.2) is 105 Å². The molecule has 5 aliphatic rings.